The van der Waals surface area contributed by atoms with Crippen LogP contribution in [0.5, 0.6) is 0 Å². The van der Waals surface area contributed by atoms with Crippen LogP contribution in [0.4, 0.5) is 19.0 Å². The highest BCUT2D eigenvalue weighted by atomic mass is 19.2. The Morgan fingerprint density at radius 3 is 2.60 bits per heavy atom. The van der Waals surface area contributed by atoms with Gasteiger partial charge >= 0.3 is 0 Å². The number of anilines is 1. The molecule has 15 heavy (non-hydrogen) atoms. The molecule has 1 aliphatic rings. The van der Waals surface area contributed by atoms with Crippen LogP contribution >= 0.6 is 0 Å². The van der Waals surface area contributed by atoms with E-state index in [1.165, 1.54) is 4.90 Å². The molecule has 0 radical (unpaired) electrons. The van der Waals surface area contributed by atoms with Gasteiger partial charge < -0.3 is 4.90 Å². The summed E-state index contributed by atoms with van der Waals surface area (Å²) in [5.41, 5.74) is 0. The van der Waals surface area contributed by atoms with E-state index in [1.54, 1.807) is 7.05 Å². The minimum atomic E-state index is -1.26. The summed E-state index contributed by atoms with van der Waals surface area (Å²) in [6.45, 7) is 0.634. The highest BCUT2D eigenvalue weighted by Gasteiger charge is 2.25. The predicted octanol–water partition coefficient (Wildman–Crippen LogP) is 2.35. The average molecular weight is 216 g/mol. The van der Waals surface area contributed by atoms with Gasteiger partial charge in [0.2, 0.25) is 0 Å². The Bertz CT molecular complexity index is 377. The second kappa shape index (κ2) is 3.72. The molecule has 1 saturated carbocycles. The number of nitrogens with zero attached hydrogens (tertiary/aromatic N) is 2. The van der Waals surface area contributed by atoms with E-state index in [4.69, 9.17) is 0 Å². The van der Waals surface area contributed by atoms with Crippen LogP contribution in [0.25, 0.3) is 0 Å². The molecule has 0 spiro atoms. The van der Waals surface area contributed by atoms with E-state index in [-0.39, 0.29) is 5.82 Å². The van der Waals surface area contributed by atoms with Crippen LogP contribution in [-0.4, -0.2) is 18.6 Å². The molecule has 1 aliphatic carbocycles. The smallest absolute Gasteiger partial charge is 0.251 e. The largest absolute Gasteiger partial charge is 0.357 e. The number of rotatable bonds is 3. The van der Waals surface area contributed by atoms with Gasteiger partial charge in [-0.25, -0.2) is 8.78 Å². The second-order valence-electron chi connectivity index (χ2n) is 3.89. The van der Waals surface area contributed by atoms with Crippen molar-refractivity contribution in [3.05, 3.63) is 23.6 Å². The van der Waals surface area contributed by atoms with E-state index in [0.717, 1.165) is 12.8 Å². The van der Waals surface area contributed by atoms with Crippen molar-refractivity contribution in [2.75, 3.05) is 18.5 Å². The fraction of sp³-hybridized carbons (Fsp3) is 0.500. The maximum atomic E-state index is 13.2. The first-order valence-corrected chi connectivity index (χ1v) is 4.80. The molecule has 0 amide bonds. The van der Waals surface area contributed by atoms with Gasteiger partial charge in [0.15, 0.2) is 17.5 Å². The van der Waals surface area contributed by atoms with Crippen LogP contribution in [-0.2, 0) is 0 Å². The van der Waals surface area contributed by atoms with E-state index in [9.17, 15) is 13.2 Å². The first kappa shape index (κ1) is 10.3. The van der Waals surface area contributed by atoms with Gasteiger partial charge in [0, 0.05) is 19.7 Å². The monoisotopic (exact) mass is 216 g/mol. The third kappa shape index (κ3) is 2.22. The molecule has 1 heterocycles. The summed E-state index contributed by atoms with van der Waals surface area (Å²) in [5, 5.41) is 0. The quantitative estimate of drug-likeness (QED) is 0.721. The van der Waals surface area contributed by atoms with Crippen molar-refractivity contribution in [2.45, 2.75) is 12.8 Å². The van der Waals surface area contributed by atoms with Crippen molar-refractivity contribution in [1.82, 2.24) is 4.98 Å². The summed E-state index contributed by atoms with van der Waals surface area (Å²) in [7, 11) is 1.63. The van der Waals surface area contributed by atoms with Gasteiger partial charge in [0.1, 0.15) is 0 Å². The molecule has 82 valence electrons. The topological polar surface area (TPSA) is 16.1 Å². The number of aromatic nitrogens is 1. The van der Waals surface area contributed by atoms with Gasteiger partial charge in [0.05, 0.1) is 0 Å². The standard InChI is InChI=1S/C10H11F3N2/c1-15(5-6-2-3-6)10-8(12)4-7(11)9(13)14-10/h4,6H,2-3,5H2,1H3. The lowest BCUT2D eigenvalue weighted by Crippen LogP contribution is -2.23. The van der Waals surface area contributed by atoms with Crippen molar-refractivity contribution in [2.24, 2.45) is 5.92 Å². The molecule has 0 aliphatic heterocycles. The predicted molar refractivity (Wildman–Crippen MR) is 50.1 cm³/mol. The Morgan fingerprint density at radius 1 is 1.33 bits per heavy atom. The zero-order valence-electron chi connectivity index (χ0n) is 8.30. The van der Waals surface area contributed by atoms with Crippen molar-refractivity contribution >= 4 is 5.82 Å². The van der Waals surface area contributed by atoms with Crippen LogP contribution in [0.3, 0.4) is 0 Å². The summed E-state index contributed by atoms with van der Waals surface area (Å²) in [6, 6.07) is 0.529. The van der Waals surface area contributed by atoms with E-state index >= 15 is 0 Å². The molecule has 0 saturated heterocycles. The SMILES string of the molecule is CN(CC1CC1)c1nc(F)c(F)cc1F. The Labute approximate surface area is 85.7 Å². The van der Waals surface area contributed by atoms with Gasteiger partial charge in [0.25, 0.3) is 5.95 Å². The summed E-state index contributed by atoms with van der Waals surface area (Å²) >= 11 is 0. The van der Waals surface area contributed by atoms with Crippen LogP contribution in [0.1, 0.15) is 12.8 Å². The second-order valence-corrected chi connectivity index (χ2v) is 3.89. The number of hydrogen-bond donors (Lipinski definition) is 0. The van der Waals surface area contributed by atoms with Gasteiger partial charge in [-0.1, -0.05) is 0 Å². The van der Waals surface area contributed by atoms with Gasteiger partial charge in [-0.2, -0.15) is 9.37 Å². The van der Waals surface area contributed by atoms with Gasteiger partial charge in [-0.15, -0.1) is 0 Å². The van der Waals surface area contributed by atoms with E-state index in [0.29, 0.717) is 18.5 Å². The summed E-state index contributed by atoms with van der Waals surface area (Å²) in [6.07, 6.45) is 2.21. The molecule has 1 fully saturated rings. The lowest BCUT2D eigenvalue weighted by Gasteiger charge is -2.18. The van der Waals surface area contributed by atoms with Crippen LogP contribution in [0, 0.1) is 23.5 Å². The van der Waals surface area contributed by atoms with Gasteiger partial charge in [-0.3, -0.25) is 0 Å². The molecule has 0 unspecified atom stereocenters. The van der Waals surface area contributed by atoms with Crippen LogP contribution in [0.2, 0.25) is 0 Å². The Balaban J connectivity index is 2.21. The molecular weight excluding hydrogens is 205 g/mol. The first-order chi connectivity index (χ1) is 7.08. The normalized spacial score (nSPS) is 15.5. The number of halogens is 3. The molecule has 1 aromatic rings. The average Bonchev–Trinajstić information content (AvgIpc) is 2.95. The number of pyridine rings is 1. The maximum absolute atomic E-state index is 13.2. The van der Waals surface area contributed by atoms with Crippen molar-refractivity contribution in [3.8, 4) is 0 Å². The molecule has 1 aromatic heterocycles. The lowest BCUT2D eigenvalue weighted by molar-refractivity contribution is 0.463. The Morgan fingerprint density at radius 2 is 2.00 bits per heavy atom. The molecule has 2 nitrogen and oxygen atoms in total. The van der Waals surface area contributed by atoms with Crippen molar-refractivity contribution in [1.29, 1.82) is 0 Å². The Hall–Kier alpha value is -1.26. The lowest BCUT2D eigenvalue weighted by atomic mass is 10.3. The minimum Gasteiger partial charge on any atom is -0.357 e. The molecule has 0 bridgehead atoms. The maximum Gasteiger partial charge on any atom is 0.251 e. The first-order valence-electron chi connectivity index (χ1n) is 4.80. The highest BCUT2D eigenvalue weighted by Crippen LogP contribution is 2.31. The fourth-order valence-corrected chi connectivity index (χ4v) is 1.48. The highest BCUT2D eigenvalue weighted by molar-refractivity contribution is 5.39. The van der Waals surface area contributed by atoms with E-state index in [2.05, 4.69) is 4.98 Å². The summed E-state index contributed by atoms with van der Waals surface area (Å²) in [5.74, 6) is -2.92. The zero-order valence-corrected chi connectivity index (χ0v) is 8.30. The fourth-order valence-electron chi connectivity index (χ4n) is 1.48. The number of hydrogen-bond acceptors (Lipinski definition) is 2. The molecule has 0 atom stereocenters. The van der Waals surface area contributed by atoms with E-state index in [1.807, 2.05) is 0 Å². The van der Waals surface area contributed by atoms with Gasteiger partial charge in [-0.05, 0) is 18.8 Å². The van der Waals surface area contributed by atoms with E-state index < -0.39 is 17.6 Å². The zero-order chi connectivity index (χ0) is 11.0. The Kier molecular flexibility index (Phi) is 2.54. The van der Waals surface area contributed by atoms with Crippen LogP contribution < -0.4 is 4.90 Å². The molecule has 0 aromatic carbocycles. The third-order valence-corrected chi connectivity index (χ3v) is 2.46. The molecular formula is C10H11F3N2. The molecule has 0 N–H and O–H groups in total. The molecule has 5 heteroatoms. The summed E-state index contributed by atoms with van der Waals surface area (Å²) in [4.78, 5) is 4.79. The molecule has 2 rings (SSSR count). The summed E-state index contributed by atoms with van der Waals surface area (Å²) < 4.78 is 38.6. The van der Waals surface area contributed by atoms with Crippen molar-refractivity contribution in [3.63, 3.8) is 0 Å². The minimum absolute atomic E-state index is 0.124. The van der Waals surface area contributed by atoms with Crippen LogP contribution in [0.15, 0.2) is 6.07 Å². The van der Waals surface area contributed by atoms with Crippen molar-refractivity contribution < 1.29 is 13.2 Å². The third-order valence-electron chi connectivity index (χ3n) is 2.46.